The van der Waals surface area contributed by atoms with Gasteiger partial charge >= 0.3 is 0 Å². The Hall–Kier alpha value is -1.18. The van der Waals surface area contributed by atoms with Gasteiger partial charge in [0.15, 0.2) is 0 Å². The number of phenolic OH excluding ortho intramolecular Hbond substituents is 1. The third-order valence-corrected chi connectivity index (χ3v) is 3.40. The molecule has 2 unspecified atom stereocenters. The standard InChI is InChI=1S/C14H21NO/c1-10-6-11(2)8-13(7-10)15-12-4-3-5-14(16)9-12/h3-5,9-11,13,15-16H,6-8H2,1-2H3. The van der Waals surface area contributed by atoms with Gasteiger partial charge in [0.2, 0.25) is 0 Å². The minimum absolute atomic E-state index is 0.335. The molecule has 1 saturated carbocycles. The van der Waals surface area contributed by atoms with Crippen LogP contribution in [0.4, 0.5) is 5.69 Å². The monoisotopic (exact) mass is 219 g/mol. The van der Waals surface area contributed by atoms with E-state index in [4.69, 9.17) is 0 Å². The van der Waals surface area contributed by atoms with Gasteiger partial charge < -0.3 is 10.4 Å². The Morgan fingerprint density at radius 1 is 1.12 bits per heavy atom. The molecule has 16 heavy (non-hydrogen) atoms. The van der Waals surface area contributed by atoms with Gasteiger partial charge in [0.1, 0.15) is 5.75 Å². The summed E-state index contributed by atoms with van der Waals surface area (Å²) in [6.45, 7) is 4.65. The number of hydrogen-bond acceptors (Lipinski definition) is 2. The zero-order valence-electron chi connectivity index (χ0n) is 10.1. The number of aromatic hydroxyl groups is 1. The highest BCUT2D eigenvalue weighted by molar-refractivity contribution is 5.48. The second-order valence-electron chi connectivity index (χ2n) is 5.31. The quantitative estimate of drug-likeness (QED) is 0.796. The largest absolute Gasteiger partial charge is 0.508 e. The SMILES string of the molecule is CC1CC(C)CC(Nc2cccc(O)c2)C1. The average molecular weight is 219 g/mol. The average Bonchev–Trinajstić information content (AvgIpc) is 2.15. The molecule has 0 spiro atoms. The minimum atomic E-state index is 0.335. The van der Waals surface area contributed by atoms with E-state index in [-0.39, 0.29) is 0 Å². The molecule has 1 aliphatic rings. The van der Waals surface area contributed by atoms with Crippen LogP contribution in [0.1, 0.15) is 33.1 Å². The van der Waals surface area contributed by atoms with Crippen LogP contribution in [0.5, 0.6) is 5.75 Å². The summed E-state index contributed by atoms with van der Waals surface area (Å²) in [4.78, 5) is 0. The summed E-state index contributed by atoms with van der Waals surface area (Å²) in [6.07, 6.45) is 3.82. The Bertz CT molecular complexity index is 340. The van der Waals surface area contributed by atoms with Crippen molar-refractivity contribution >= 4 is 5.69 Å². The Kier molecular flexibility index (Phi) is 3.37. The molecule has 2 heteroatoms. The van der Waals surface area contributed by atoms with E-state index in [1.165, 1.54) is 19.3 Å². The van der Waals surface area contributed by atoms with Gasteiger partial charge in [-0.1, -0.05) is 19.9 Å². The molecule has 0 saturated heterocycles. The molecule has 2 rings (SSSR count). The topological polar surface area (TPSA) is 32.3 Å². The third-order valence-electron chi connectivity index (χ3n) is 3.40. The van der Waals surface area contributed by atoms with Gasteiger partial charge in [0.05, 0.1) is 0 Å². The van der Waals surface area contributed by atoms with E-state index < -0.39 is 0 Å². The summed E-state index contributed by atoms with van der Waals surface area (Å²) in [5, 5.41) is 12.9. The summed E-state index contributed by atoms with van der Waals surface area (Å²) in [5.41, 5.74) is 1.03. The molecule has 2 N–H and O–H groups in total. The first-order chi connectivity index (χ1) is 7.63. The predicted molar refractivity (Wildman–Crippen MR) is 67.7 cm³/mol. The molecule has 0 radical (unpaired) electrons. The van der Waals surface area contributed by atoms with Crippen molar-refractivity contribution < 1.29 is 5.11 Å². The third kappa shape index (κ3) is 2.91. The molecule has 2 nitrogen and oxygen atoms in total. The van der Waals surface area contributed by atoms with Crippen LogP contribution >= 0.6 is 0 Å². The lowest BCUT2D eigenvalue weighted by molar-refractivity contribution is 0.281. The number of anilines is 1. The molecule has 0 aliphatic heterocycles. The second kappa shape index (κ2) is 4.77. The molecule has 0 heterocycles. The molecule has 2 atom stereocenters. The second-order valence-corrected chi connectivity index (χ2v) is 5.31. The summed E-state index contributed by atoms with van der Waals surface area (Å²) in [6, 6.07) is 7.96. The highest BCUT2D eigenvalue weighted by Crippen LogP contribution is 2.30. The number of hydrogen-bond donors (Lipinski definition) is 2. The van der Waals surface area contributed by atoms with Crippen LogP contribution in [0.2, 0.25) is 0 Å². The van der Waals surface area contributed by atoms with Crippen molar-refractivity contribution in [3.8, 4) is 5.75 Å². The van der Waals surface area contributed by atoms with Crippen LogP contribution in [-0.4, -0.2) is 11.1 Å². The van der Waals surface area contributed by atoms with Crippen LogP contribution in [0, 0.1) is 11.8 Å². The summed E-state index contributed by atoms with van der Waals surface area (Å²) >= 11 is 0. The van der Waals surface area contributed by atoms with E-state index in [2.05, 4.69) is 19.2 Å². The van der Waals surface area contributed by atoms with Gasteiger partial charge in [0, 0.05) is 17.8 Å². The predicted octanol–water partition coefficient (Wildman–Crippen LogP) is 3.63. The van der Waals surface area contributed by atoms with E-state index in [1.807, 2.05) is 12.1 Å². The normalized spacial score (nSPS) is 30.0. The first kappa shape index (κ1) is 11.3. The molecule has 0 aromatic heterocycles. The first-order valence-electron chi connectivity index (χ1n) is 6.19. The molecule has 1 aromatic carbocycles. The van der Waals surface area contributed by atoms with Crippen LogP contribution < -0.4 is 5.32 Å². The van der Waals surface area contributed by atoms with Crippen molar-refractivity contribution in [3.05, 3.63) is 24.3 Å². The Labute approximate surface area is 97.7 Å². The lowest BCUT2D eigenvalue weighted by Gasteiger charge is -2.32. The Balaban J connectivity index is 1.98. The number of nitrogens with one attached hydrogen (secondary N) is 1. The summed E-state index contributed by atoms with van der Waals surface area (Å²) in [5.74, 6) is 1.94. The van der Waals surface area contributed by atoms with Gasteiger partial charge in [-0.05, 0) is 43.2 Å². The van der Waals surface area contributed by atoms with Crippen molar-refractivity contribution in [1.29, 1.82) is 0 Å². The van der Waals surface area contributed by atoms with Crippen LogP contribution in [-0.2, 0) is 0 Å². The highest BCUT2D eigenvalue weighted by Gasteiger charge is 2.23. The van der Waals surface area contributed by atoms with Gasteiger partial charge in [-0.3, -0.25) is 0 Å². The summed E-state index contributed by atoms with van der Waals surface area (Å²) in [7, 11) is 0. The van der Waals surface area contributed by atoms with Crippen molar-refractivity contribution in [1.82, 2.24) is 0 Å². The molecule has 0 amide bonds. The van der Waals surface area contributed by atoms with Crippen LogP contribution in [0.3, 0.4) is 0 Å². The highest BCUT2D eigenvalue weighted by atomic mass is 16.3. The molecule has 88 valence electrons. The smallest absolute Gasteiger partial charge is 0.117 e. The lowest BCUT2D eigenvalue weighted by atomic mass is 9.80. The molecular formula is C14H21NO. The maximum atomic E-state index is 9.41. The van der Waals surface area contributed by atoms with E-state index in [0.29, 0.717) is 11.8 Å². The van der Waals surface area contributed by atoms with Crippen molar-refractivity contribution in [2.24, 2.45) is 11.8 Å². The zero-order valence-corrected chi connectivity index (χ0v) is 10.1. The minimum Gasteiger partial charge on any atom is -0.508 e. The maximum absolute atomic E-state index is 9.41. The molecule has 0 bridgehead atoms. The fraction of sp³-hybridized carbons (Fsp3) is 0.571. The van der Waals surface area contributed by atoms with Crippen molar-refractivity contribution in [3.63, 3.8) is 0 Å². The number of benzene rings is 1. The van der Waals surface area contributed by atoms with E-state index in [9.17, 15) is 5.11 Å². The number of rotatable bonds is 2. The van der Waals surface area contributed by atoms with E-state index in [1.54, 1.807) is 12.1 Å². The van der Waals surface area contributed by atoms with Crippen molar-refractivity contribution in [2.75, 3.05) is 5.32 Å². The number of phenols is 1. The van der Waals surface area contributed by atoms with Crippen LogP contribution in [0.15, 0.2) is 24.3 Å². The molecular weight excluding hydrogens is 198 g/mol. The Morgan fingerprint density at radius 2 is 1.81 bits per heavy atom. The first-order valence-corrected chi connectivity index (χ1v) is 6.19. The summed E-state index contributed by atoms with van der Waals surface area (Å²) < 4.78 is 0. The molecule has 1 aromatic rings. The van der Waals surface area contributed by atoms with E-state index in [0.717, 1.165) is 17.5 Å². The van der Waals surface area contributed by atoms with E-state index >= 15 is 0 Å². The van der Waals surface area contributed by atoms with Crippen molar-refractivity contribution in [2.45, 2.75) is 39.2 Å². The molecule has 1 aliphatic carbocycles. The zero-order chi connectivity index (χ0) is 11.5. The molecule has 1 fully saturated rings. The Morgan fingerprint density at radius 3 is 2.44 bits per heavy atom. The van der Waals surface area contributed by atoms with Gasteiger partial charge in [-0.15, -0.1) is 0 Å². The van der Waals surface area contributed by atoms with Gasteiger partial charge in [-0.25, -0.2) is 0 Å². The van der Waals surface area contributed by atoms with Crippen LogP contribution in [0.25, 0.3) is 0 Å². The van der Waals surface area contributed by atoms with Gasteiger partial charge in [0.25, 0.3) is 0 Å². The van der Waals surface area contributed by atoms with Gasteiger partial charge in [-0.2, -0.15) is 0 Å². The maximum Gasteiger partial charge on any atom is 0.117 e. The fourth-order valence-corrected chi connectivity index (χ4v) is 2.90. The lowest BCUT2D eigenvalue weighted by Crippen LogP contribution is -2.30. The fourth-order valence-electron chi connectivity index (χ4n) is 2.90.